The highest BCUT2D eigenvalue weighted by molar-refractivity contribution is 5.80. The molecule has 1 amide bonds. The molecular formula is C21H33N5O. The number of guanidine groups is 1. The molecule has 1 aromatic rings. The monoisotopic (exact) mass is 371 g/mol. The fourth-order valence-corrected chi connectivity index (χ4v) is 3.99. The Hall–Kier alpha value is -2.08. The van der Waals surface area contributed by atoms with Gasteiger partial charge in [0.2, 0.25) is 5.91 Å². The third-order valence-electron chi connectivity index (χ3n) is 5.54. The van der Waals surface area contributed by atoms with Crippen LogP contribution in [0.15, 0.2) is 35.3 Å². The second-order valence-electron chi connectivity index (χ2n) is 7.36. The Bertz CT molecular complexity index is 619. The third kappa shape index (κ3) is 5.22. The Kier molecular flexibility index (Phi) is 7.10. The van der Waals surface area contributed by atoms with Gasteiger partial charge in [-0.05, 0) is 38.4 Å². The van der Waals surface area contributed by atoms with Gasteiger partial charge in [0.15, 0.2) is 5.96 Å². The van der Waals surface area contributed by atoms with Gasteiger partial charge < -0.3 is 15.1 Å². The average Bonchev–Trinajstić information content (AvgIpc) is 3.23. The van der Waals surface area contributed by atoms with Crippen LogP contribution in [-0.2, 0) is 4.79 Å². The molecule has 0 aliphatic carbocycles. The van der Waals surface area contributed by atoms with Crippen LogP contribution in [0.25, 0.3) is 0 Å². The molecule has 0 aromatic heterocycles. The van der Waals surface area contributed by atoms with E-state index in [2.05, 4.69) is 52.4 Å². The zero-order valence-electron chi connectivity index (χ0n) is 16.7. The number of amides is 1. The molecule has 27 heavy (non-hydrogen) atoms. The molecule has 0 spiro atoms. The summed E-state index contributed by atoms with van der Waals surface area (Å²) in [4.78, 5) is 23.4. The fraction of sp³-hybridized carbons (Fsp3) is 0.619. The minimum absolute atomic E-state index is 0.162. The van der Waals surface area contributed by atoms with E-state index in [4.69, 9.17) is 4.99 Å². The lowest BCUT2D eigenvalue weighted by atomic mass is 10.1. The lowest BCUT2D eigenvalue weighted by Gasteiger charge is -2.36. The van der Waals surface area contributed by atoms with Crippen LogP contribution in [0.3, 0.4) is 0 Å². The van der Waals surface area contributed by atoms with E-state index in [0.29, 0.717) is 6.04 Å². The standard InChI is InChI=1S/C21H33N5O/c1-3-22-21(26-15-13-24(14-16-26)18(2)27)23-17-20(25-11-7-8-12-25)19-9-5-4-6-10-19/h4-6,9-10,20H,3,7-8,11-17H2,1-2H3,(H,22,23). The molecule has 2 aliphatic heterocycles. The van der Waals surface area contributed by atoms with Crippen LogP contribution in [-0.4, -0.2) is 78.9 Å². The van der Waals surface area contributed by atoms with Crippen LogP contribution in [0.4, 0.5) is 0 Å². The van der Waals surface area contributed by atoms with E-state index in [0.717, 1.165) is 58.3 Å². The molecule has 6 nitrogen and oxygen atoms in total. The van der Waals surface area contributed by atoms with Crippen molar-refractivity contribution in [2.24, 2.45) is 4.99 Å². The van der Waals surface area contributed by atoms with Crippen molar-refractivity contribution in [2.45, 2.75) is 32.7 Å². The number of nitrogens with one attached hydrogen (secondary N) is 1. The topological polar surface area (TPSA) is 51.2 Å². The Labute approximate surface area is 163 Å². The van der Waals surface area contributed by atoms with Gasteiger partial charge >= 0.3 is 0 Å². The molecule has 2 heterocycles. The molecule has 0 saturated carbocycles. The van der Waals surface area contributed by atoms with Crippen LogP contribution in [0.5, 0.6) is 0 Å². The Morgan fingerprint density at radius 3 is 2.26 bits per heavy atom. The molecular weight excluding hydrogens is 338 g/mol. The first kappa shape index (κ1) is 19.7. The van der Waals surface area contributed by atoms with Crippen LogP contribution >= 0.6 is 0 Å². The number of nitrogens with zero attached hydrogens (tertiary/aromatic N) is 4. The summed E-state index contributed by atoms with van der Waals surface area (Å²) >= 11 is 0. The molecule has 1 atom stereocenters. The zero-order chi connectivity index (χ0) is 19.1. The second-order valence-corrected chi connectivity index (χ2v) is 7.36. The number of hydrogen-bond acceptors (Lipinski definition) is 3. The van der Waals surface area contributed by atoms with Crippen LogP contribution < -0.4 is 5.32 Å². The lowest BCUT2D eigenvalue weighted by Crippen LogP contribution is -2.53. The van der Waals surface area contributed by atoms with Gasteiger partial charge in [-0.3, -0.25) is 14.7 Å². The number of carbonyl (C=O) groups excluding carboxylic acids is 1. The van der Waals surface area contributed by atoms with Crippen molar-refractivity contribution in [1.29, 1.82) is 0 Å². The highest BCUT2D eigenvalue weighted by Crippen LogP contribution is 2.25. The Morgan fingerprint density at radius 1 is 1.04 bits per heavy atom. The lowest BCUT2D eigenvalue weighted by molar-refractivity contribution is -0.130. The summed E-state index contributed by atoms with van der Waals surface area (Å²) in [6.07, 6.45) is 2.56. The van der Waals surface area contributed by atoms with Crippen LogP contribution in [0.2, 0.25) is 0 Å². The molecule has 2 fully saturated rings. The molecule has 1 N–H and O–H groups in total. The maximum absolute atomic E-state index is 11.6. The minimum atomic E-state index is 0.162. The van der Waals surface area contributed by atoms with E-state index in [-0.39, 0.29) is 5.91 Å². The van der Waals surface area contributed by atoms with E-state index in [1.54, 1.807) is 6.92 Å². The first-order chi connectivity index (χ1) is 13.2. The predicted octanol–water partition coefficient (Wildman–Crippen LogP) is 1.95. The number of aliphatic imine (C=N–C) groups is 1. The van der Waals surface area contributed by atoms with Crippen molar-refractivity contribution in [2.75, 3.05) is 52.4 Å². The normalized spacial score (nSPS) is 20.0. The molecule has 1 unspecified atom stereocenters. The number of piperazine rings is 1. The summed E-state index contributed by atoms with van der Waals surface area (Å²) in [6.45, 7) is 10.9. The molecule has 2 saturated heterocycles. The van der Waals surface area contributed by atoms with E-state index in [1.807, 2.05) is 4.90 Å². The van der Waals surface area contributed by atoms with Crippen LogP contribution in [0, 0.1) is 0 Å². The van der Waals surface area contributed by atoms with Crippen molar-refractivity contribution in [3.63, 3.8) is 0 Å². The van der Waals surface area contributed by atoms with Crippen molar-refractivity contribution >= 4 is 11.9 Å². The van der Waals surface area contributed by atoms with Gasteiger partial charge in [-0.1, -0.05) is 30.3 Å². The number of likely N-dealkylation sites (tertiary alicyclic amines) is 1. The van der Waals surface area contributed by atoms with Gasteiger partial charge in [0, 0.05) is 39.6 Å². The Balaban J connectivity index is 1.71. The molecule has 148 valence electrons. The molecule has 6 heteroatoms. The van der Waals surface area contributed by atoms with Gasteiger partial charge in [0.1, 0.15) is 0 Å². The third-order valence-corrected chi connectivity index (χ3v) is 5.54. The van der Waals surface area contributed by atoms with E-state index in [1.165, 1.54) is 18.4 Å². The van der Waals surface area contributed by atoms with Gasteiger partial charge in [-0.25, -0.2) is 0 Å². The number of rotatable bonds is 5. The zero-order valence-corrected chi connectivity index (χ0v) is 16.7. The SMILES string of the molecule is CCNC(=NCC(c1ccccc1)N1CCCC1)N1CCN(C(C)=O)CC1. The van der Waals surface area contributed by atoms with Crippen molar-refractivity contribution in [3.05, 3.63) is 35.9 Å². The summed E-state index contributed by atoms with van der Waals surface area (Å²) < 4.78 is 0. The number of hydrogen-bond donors (Lipinski definition) is 1. The molecule has 1 aromatic carbocycles. The van der Waals surface area contributed by atoms with Crippen molar-refractivity contribution in [3.8, 4) is 0 Å². The first-order valence-corrected chi connectivity index (χ1v) is 10.3. The quantitative estimate of drug-likeness (QED) is 0.635. The summed E-state index contributed by atoms with van der Waals surface area (Å²) in [6, 6.07) is 11.1. The predicted molar refractivity (Wildman–Crippen MR) is 110 cm³/mol. The first-order valence-electron chi connectivity index (χ1n) is 10.3. The molecule has 3 rings (SSSR count). The van der Waals surface area contributed by atoms with E-state index in [9.17, 15) is 4.79 Å². The van der Waals surface area contributed by atoms with Crippen LogP contribution in [0.1, 0.15) is 38.3 Å². The summed E-state index contributed by atoms with van der Waals surface area (Å²) in [5.41, 5.74) is 1.35. The summed E-state index contributed by atoms with van der Waals surface area (Å²) in [5.74, 6) is 1.13. The fourth-order valence-electron chi connectivity index (χ4n) is 3.99. The Morgan fingerprint density at radius 2 is 1.67 bits per heavy atom. The van der Waals surface area contributed by atoms with Gasteiger partial charge in [0.25, 0.3) is 0 Å². The summed E-state index contributed by atoms with van der Waals surface area (Å²) in [5, 5.41) is 3.45. The van der Waals surface area contributed by atoms with Gasteiger partial charge in [-0.15, -0.1) is 0 Å². The smallest absolute Gasteiger partial charge is 0.219 e. The average molecular weight is 372 g/mol. The van der Waals surface area contributed by atoms with Gasteiger partial charge in [0.05, 0.1) is 12.6 Å². The maximum Gasteiger partial charge on any atom is 0.219 e. The minimum Gasteiger partial charge on any atom is -0.357 e. The molecule has 0 radical (unpaired) electrons. The largest absolute Gasteiger partial charge is 0.357 e. The van der Waals surface area contributed by atoms with Crippen molar-refractivity contribution in [1.82, 2.24) is 20.0 Å². The van der Waals surface area contributed by atoms with Crippen molar-refractivity contribution < 1.29 is 4.79 Å². The van der Waals surface area contributed by atoms with Gasteiger partial charge in [-0.2, -0.15) is 0 Å². The molecule has 2 aliphatic rings. The number of carbonyl (C=O) groups is 1. The highest BCUT2D eigenvalue weighted by Gasteiger charge is 2.25. The van der Waals surface area contributed by atoms with E-state index < -0.39 is 0 Å². The second kappa shape index (κ2) is 9.74. The maximum atomic E-state index is 11.6. The number of benzene rings is 1. The van der Waals surface area contributed by atoms with E-state index >= 15 is 0 Å². The highest BCUT2D eigenvalue weighted by atomic mass is 16.2. The molecule has 0 bridgehead atoms. The summed E-state index contributed by atoms with van der Waals surface area (Å²) in [7, 11) is 0.